The fraction of sp³-hybridized carbons (Fsp3) is 0.389. The highest BCUT2D eigenvalue weighted by molar-refractivity contribution is 6.30. The van der Waals surface area contributed by atoms with Gasteiger partial charge in [-0.05, 0) is 52.0 Å². The van der Waals surface area contributed by atoms with Gasteiger partial charge in [-0.3, -0.25) is 9.48 Å². The predicted molar refractivity (Wildman–Crippen MR) is 98.4 cm³/mol. The van der Waals surface area contributed by atoms with Gasteiger partial charge in [-0.15, -0.1) is 0 Å². The van der Waals surface area contributed by atoms with Crippen molar-refractivity contribution < 1.29 is 19.1 Å². The van der Waals surface area contributed by atoms with E-state index in [2.05, 4.69) is 10.4 Å². The molecule has 1 heterocycles. The van der Waals surface area contributed by atoms with E-state index in [-0.39, 0.29) is 0 Å². The minimum absolute atomic E-state index is 0.434. The van der Waals surface area contributed by atoms with Gasteiger partial charge < -0.3 is 14.8 Å². The quantitative estimate of drug-likeness (QED) is 0.780. The van der Waals surface area contributed by atoms with Crippen LogP contribution in [0.25, 0.3) is 0 Å². The number of nitrogens with one attached hydrogen (secondary N) is 1. The van der Waals surface area contributed by atoms with Crippen molar-refractivity contribution in [2.24, 2.45) is 7.05 Å². The van der Waals surface area contributed by atoms with Crippen molar-refractivity contribution in [1.29, 1.82) is 0 Å². The highest BCUT2D eigenvalue weighted by Crippen LogP contribution is 2.19. The lowest BCUT2D eigenvalue weighted by molar-refractivity contribution is -0.159. The molecule has 0 aliphatic carbocycles. The van der Waals surface area contributed by atoms with Crippen LogP contribution in [0, 0.1) is 13.8 Å². The van der Waals surface area contributed by atoms with Gasteiger partial charge in [0.2, 0.25) is 0 Å². The normalized spacial score (nSPS) is 13.0. The first kappa shape index (κ1) is 19.8. The Morgan fingerprint density at radius 1 is 1.15 bits per heavy atom. The van der Waals surface area contributed by atoms with Gasteiger partial charge in [0.25, 0.3) is 5.91 Å². The van der Waals surface area contributed by atoms with Crippen LogP contribution in [0.15, 0.2) is 24.3 Å². The second-order valence-electron chi connectivity index (χ2n) is 5.95. The topological polar surface area (TPSA) is 82.5 Å². The zero-order valence-corrected chi connectivity index (χ0v) is 16.1. The fourth-order valence-corrected chi connectivity index (χ4v) is 2.39. The highest BCUT2D eigenvalue weighted by Gasteiger charge is 2.24. The van der Waals surface area contributed by atoms with E-state index in [0.29, 0.717) is 22.2 Å². The molecule has 0 fully saturated rings. The third kappa shape index (κ3) is 4.76. The lowest BCUT2D eigenvalue weighted by atomic mass is 10.3. The number of ether oxygens (including phenoxy) is 2. The van der Waals surface area contributed by atoms with E-state index < -0.39 is 24.1 Å². The number of halogens is 1. The van der Waals surface area contributed by atoms with Crippen LogP contribution in [0.2, 0.25) is 5.02 Å². The number of carbonyl (C=O) groups is 2. The van der Waals surface area contributed by atoms with Gasteiger partial charge in [-0.1, -0.05) is 11.6 Å². The Hall–Kier alpha value is -2.54. The van der Waals surface area contributed by atoms with E-state index in [4.69, 9.17) is 21.1 Å². The van der Waals surface area contributed by atoms with Crippen LogP contribution in [0.3, 0.4) is 0 Å². The van der Waals surface area contributed by atoms with E-state index in [9.17, 15) is 9.59 Å². The van der Waals surface area contributed by atoms with Crippen molar-refractivity contribution in [3.63, 3.8) is 0 Å². The molecular formula is C18H22ClN3O4. The van der Waals surface area contributed by atoms with Crippen molar-refractivity contribution in [3.05, 3.63) is 40.7 Å². The predicted octanol–water partition coefficient (Wildman–Crippen LogP) is 3.03. The Bertz CT molecular complexity index is 802. The van der Waals surface area contributed by atoms with Gasteiger partial charge in [-0.2, -0.15) is 5.10 Å². The second-order valence-corrected chi connectivity index (χ2v) is 6.39. The van der Waals surface area contributed by atoms with Crippen molar-refractivity contribution >= 4 is 29.2 Å². The molecule has 8 heteroatoms. The van der Waals surface area contributed by atoms with Crippen LogP contribution in [-0.4, -0.2) is 33.9 Å². The molecule has 26 heavy (non-hydrogen) atoms. The number of esters is 1. The number of anilines is 1. The summed E-state index contributed by atoms with van der Waals surface area (Å²) in [6.07, 6.45) is -1.84. The monoisotopic (exact) mass is 379 g/mol. The molecule has 1 aromatic heterocycles. The molecule has 1 N–H and O–H groups in total. The first-order valence-corrected chi connectivity index (χ1v) is 8.50. The summed E-state index contributed by atoms with van der Waals surface area (Å²) < 4.78 is 12.4. The summed E-state index contributed by atoms with van der Waals surface area (Å²) in [7, 11) is 1.79. The molecule has 1 aromatic carbocycles. The van der Waals surface area contributed by atoms with Gasteiger partial charge in [0, 0.05) is 12.1 Å². The summed E-state index contributed by atoms with van der Waals surface area (Å²) in [5, 5.41) is 7.54. The minimum atomic E-state index is -0.974. The second kappa shape index (κ2) is 8.23. The van der Waals surface area contributed by atoms with E-state index in [1.165, 1.54) is 6.92 Å². The Kier molecular flexibility index (Phi) is 6.26. The van der Waals surface area contributed by atoms with Gasteiger partial charge >= 0.3 is 5.97 Å². The first-order valence-electron chi connectivity index (χ1n) is 8.12. The number of rotatable bonds is 6. The Labute approximate surface area is 157 Å². The average molecular weight is 380 g/mol. The first-order chi connectivity index (χ1) is 12.2. The average Bonchev–Trinajstić information content (AvgIpc) is 2.82. The molecule has 0 aliphatic rings. The number of amides is 1. The zero-order valence-electron chi connectivity index (χ0n) is 15.4. The van der Waals surface area contributed by atoms with Gasteiger partial charge in [0.1, 0.15) is 5.75 Å². The molecular weight excluding hydrogens is 358 g/mol. The Morgan fingerprint density at radius 3 is 2.31 bits per heavy atom. The molecule has 2 rings (SSSR count). The summed E-state index contributed by atoms with van der Waals surface area (Å²) in [6, 6.07) is 6.61. The maximum atomic E-state index is 12.3. The number of aryl methyl sites for hydroxylation is 2. The molecule has 0 spiro atoms. The number of benzene rings is 1. The summed E-state index contributed by atoms with van der Waals surface area (Å²) in [6.45, 7) is 6.69. The maximum absolute atomic E-state index is 12.3. The summed E-state index contributed by atoms with van der Waals surface area (Å²) >= 11 is 5.81. The van der Waals surface area contributed by atoms with E-state index in [1.54, 1.807) is 49.8 Å². The van der Waals surface area contributed by atoms with Crippen LogP contribution >= 0.6 is 11.6 Å². The van der Waals surface area contributed by atoms with E-state index in [1.807, 2.05) is 6.92 Å². The molecule has 1 amide bonds. The largest absolute Gasteiger partial charge is 0.479 e. The third-order valence-electron chi connectivity index (χ3n) is 3.88. The molecule has 0 radical (unpaired) electrons. The fourth-order valence-electron chi connectivity index (χ4n) is 2.27. The molecule has 140 valence electrons. The van der Waals surface area contributed by atoms with Crippen LogP contribution in [0.4, 0.5) is 5.69 Å². The summed E-state index contributed by atoms with van der Waals surface area (Å²) in [5.74, 6) is -0.587. The zero-order chi connectivity index (χ0) is 19.4. The number of aromatic nitrogens is 2. The van der Waals surface area contributed by atoms with E-state index in [0.717, 1.165) is 5.69 Å². The van der Waals surface area contributed by atoms with Crippen molar-refractivity contribution in [3.8, 4) is 5.75 Å². The molecule has 0 aliphatic heterocycles. The van der Waals surface area contributed by atoms with Gasteiger partial charge in [-0.25, -0.2) is 4.79 Å². The molecule has 2 aromatic rings. The highest BCUT2D eigenvalue weighted by atomic mass is 35.5. The van der Waals surface area contributed by atoms with Crippen LogP contribution in [-0.2, 0) is 21.4 Å². The number of hydrogen-bond donors (Lipinski definition) is 1. The van der Waals surface area contributed by atoms with Crippen molar-refractivity contribution in [1.82, 2.24) is 9.78 Å². The molecule has 0 bridgehead atoms. The molecule has 0 saturated carbocycles. The van der Waals surface area contributed by atoms with E-state index >= 15 is 0 Å². The minimum Gasteiger partial charge on any atom is -0.479 e. The SMILES string of the molecule is Cc1nn(C)c(C)c1NC(=O)[C@@H](C)OC(=O)[C@@H](C)Oc1ccc(Cl)cc1. The Morgan fingerprint density at radius 2 is 1.77 bits per heavy atom. The standard InChI is InChI=1S/C18H22ClN3O4/c1-10-16(11(2)22(5)21-10)20-17(23)12(3)26-18(24)13(4)25-15-8-6-14(19)7-9-15/h6-9,12-13H,1-5H3,(H,20,23)/t12-,13-/m1/s1. The number of hydrogen-bond acceptors (Lipinski definition) is 5. The molecule has 0 saturated heterocycles. The van der Waals surface area contributed by atoms with Crippen LogP contribution < -0.4 is 10.1 Å². The summed E-state index contributed by atoms with van der Waals surface area (Å²) in [4.78, 5) is 24.4. The van der Waals surface area contributed by atoms with Crippen molar-refractivity contribution in [2.45, 2.75) is 39.9 Å². The van der Waals surface area contributed by atoms with Crippen molar-refractivity contribution in [2.75, 3.05) is 5.32 Å². The van der Waals surface area contributed by atoms with Gasteiger partial charge in [0.05, 0.1) is 17.1 Å². The molecule has 0 unspecified atom stereocenters. The smallest absolute Gasteiger partial charge is 0.347 e. The van der Waals surface area contributed by atoms with Crippen LogP contribution in [0.1, 0.15) is 25.2 Å². The lowest BCUT2D eigenvalue weighted by Gasteiger charge is -2.18. The van der Waals surface area contributed by atoms with Gasteiger partial charge in [0.15, 0.2) is 12.2 Å². The maximum Gasteiger partial charge on any atom is 0.347 e. The number of nitrogens with zero attached hydrogens (tertiary/aromatic N) is 2. The molecule has 7 nitrogen and oxygen atoms in total. The number of carbonyl (C=O) groups excluding carboxylic acids is 2. The Balaban J connectivity index is 1.92. The van der Waals surface area contributed by atoms with Crippen LogP contribution in [0.5, 0.6) is 5.75 Å². The third-order valence-corrected chi connectivity index (χ3v) is 4.13. The lowest BCUT2D eigenvalue weighted by Crippen LogP contribution is -2.35. The summed E-state index contributed by atoms with van der Waals surface area (Å²) in [5.41, 5.74) is 2.12. The molecule has 2 atom stereocenters.